The summed E-state index contributed by atoms with van der Waals surface area (Å²) in [5, 5.41) is 8.62. The van der Waals surface area contributed by atoms with Crippen LogP contribution >= 0.6 is 0 Å². The van der Waals surface area contributed by atoms with Crippen molar-refractivity contribution in [3.63, 3.8) is 0 Å². The standard InChI is InChI=1S/C14H8FNO/c15-14-7-12(5-6-13(14)8-16)11-3-1-10(9-17)2-4-11/h1-7,9H. The van der Waals surface area contributed by atoms with Gasteiger partial charge in [-0.05, 0) is 23.3 Å². The molecule has 0 aliphatic carbocycles. The van der Waals surface area contributed by atoms with E-state index in [1.807, 2.05) is 0 Å². The van der Waals surface area contributed by atoms with Crippen molar-refractivity contribution < 1.29 is 9.18 Å². The van der Waals surface area contributed by atoms with Gasteiger partial charge in [-0.1, -0.05) is 30.3 Å². The normalized spacial score (nSPS) is 9.65. The Labute approximate surface area is 97.9 Å². The zero-order chi connectivity index (χ0) is 12.3. The molecule has 3 heteroatoms. The van der Waals surface area contributed by atoms with E-state index in [1.165, 1.54) is 12.1 Å². The first-order valence-corrected chi connectivity index (χ1v) is 5.00. The highest BCUT2D eigenvalue weighted by molar-refractivity contribution is 5.77. The van der Waals surface area contributed by atoms with Gasteiger partial charge in [-0.3, -0.25) is 4.79 Å². The van der Waals surface area contributed by atoms with Gasteiger partial charge >= 0.3 is 0 Å². The monoisotopic (exact) mass is 225 g/mol. The third-order valence-corrected chi connectivity index (χ3v) is 2.47. The summed E-state index contributed by atoms with van der Waals surface area (Å²) in [5.41, 5.74) is 2.08. The van der Waals surface area contributed by atoms with Crippen LogP contribution in [0.1, 0.15) is 15.9 Å². The Kier molecular flexibility index (Phi) is 2.97. The first-order valence-electron chi connectivity index (χ1n) is 5.00. The second-order valence-corrected chi connectivity index (χ2v) is 3.55. The van der Waals surface area contributed by atoms with Gasteiger partial charge in [0, 0.05) is 5.56 Å². The summed E-state index contributed by atoms with van der Waals surface area (Å²) in [4.78, 5) is 10.5. The van der Waals surface area contributed by atoms with Crippen LogP contribution in [0.3, 0.4) is 0 Å². The lowest BCUT2D eigenvalue weighted by molar-refractivity contribution is 0.112. The van der Waals surface area contributed by atoms with Crippen LogP contribution in [0.25, 0.3) is 11.1 Å². The summed E-state index contributed by atoms with van der Waals surface area (Å²) >= 11 is 0. The van der Waals surface area contributed by atoms with Crippen LogP contribution in [0.4, 0.5) is 4.39 Å². The second kappa shape index (κ2) is 4.58. The number of carbonyl (C=O) groups is 1. The van der Waals surface area contributed by atoms with Gasteiger partial charge in [-0.15, -0.1) is 0 Å². The average molecular weight is 225 g/mol. The van der Waals surface area contributed by atoms with Crippen LogP contribution in [0, 0.1) is 17.1 Å². The maximum absolute atomic E-state index is 13.4. The number of nitrogens with zero attached hydrogens (tertiary/aromatic N) is 1. The molecule has 2 aromatic carbocycles. The number of carbonyl (C=O) groups excluding carboxylic acids is 1. The molecule has 0 saturated heterocycles. The number of aldehydes is 1. The number of halogens is 1. The van der Waals surface area contributed by atoms with E-state index in [2.05, 4.69) is 0 Å². The van der Waals surface area contributed by atoms with Crippen LogP contribution in [0.15, 0.2) is 42.5 Å². The quantitative estimate of drug-likeness (QED) is 0.736. The highest BCUT2D eigenvalue weighted by Gasteiger charge is 2.04. The molecule has 0 aliphatic rings. The number of hydrogen-bond acceptors (Lipinski definition) is 2. The molecule has 82 valence electrons. The predicted molar refractivity (Wildman–Crippen MR) is 61.9 cm³/mol. The fraction of sp³-hybridized carbons (Fsp3) is 0. The molecule has 0 unspecified atom stereocenters. The Morgan fingerprint density at radius 1 is 1.06 bits per heavy atom. The number of rotatable bonds is 2. The minimum Gasteiger partial charge on any atom is -0.298 e. The minimum absolute atomic E-state index is 0.0262. The van der Waals surface area contributed by atoms with E-state index in [0.29, 0.717) is 11.1 Å². The molecule has 0 radical (unpaired) electrons. The van der Waals surface area contributed by atoms with E-state index in [9.17, 15) is 9.18 Å². The summed E-state index contributed by atoms with van der Waals surface area (Å²) in [5.74, 6) is -0.538. The SMILES string of the molecule is N#Cc1ccc(-c2ccc(C=O)cc2)cc1F. The summed E-state index contributed by atoms with van der Waals surface area (Å²) in [6.45, 7) is 0. The molecule has 0 aromatic heterocycles. The Morgan fingerprint density at radius 2 is 1.71 bits per heavy atom. The third kappa shape index (κ3) is 2.21. The van der Waals surface area contributed by atoms with Crippen molar-refractivity contribution in [2.24, 2.45) is 0 Å². The minimum atomic E-state index is -0.538. The molecule has 0 bridgehead atoms. The Morgan fingerprint density at radius 3 is 2.24 bits per heavy atom. The molecule has 2 aromatic rings. The summed E-state index contributed by atoms with van der Waals surface area (Å²) in [6, 6.07) is 13.0. The van der Waals surface area contributed by atoms with Crippen molar-refractivity contribution in [2.75, 3.05) is 0 Å². The fourth-order valence-electron chi connectivity index (χ4n) is 1.54. The average Bonchev–Trinajstić information content (AvgIpc) is 2.39. The lowest BCUT2D eigenvalue weighted by atomic mass is 10.0. The van der Waals surface area contributed by atoms with E-state index >= 15 is 0 Å². The van der Waals surface area contributed by atoms with E-state index < -0.39 is 5.82 Å². The molecule has 0 aliphatic heterocycles. The lowest BCUT2D eigenvalue weighted by Gasteiger charge is -2.02. The van der Waals surface area contributed by atoms with E-state index in [4.69, 9.17) is 5.26 Å². The van der Waals surface area contributed by atoms with Crippen LogP contribution in [-0.4, -0.2) is 6.29 Å². The Bertz CT molecular complexity index is 597. The smallest absolute Gasteiger partial charge is 0.150 e. The Balaban J connectivity index is 2.43. The van der Waals surface area contributed by atoms with Gasteiger partial charge in [0.05, 0.1) is 5.56 Å². The summed E-state index contributed by atoms with van der Waals surface area (Å²) in [6.07, 6.45) is 0.753. The Hall–Kier alpha value is -2.47. The van der Waals surface area contributed by atoms with Gasteiger partial charge in [0.15, 0.2) is 0 Å². The maximum Gasteiger partial charge on any atom is 0.150 e. The van der Waals surface area contributed by atoms with E-state index in [-0.39, 0.29) is 5.56 Å². The van der Waals surface area contributed by atoms with Crippen molar-refractivity contribution in [1.29, 1.82) is 5.26 Å². The molecular formula is C14H8FNO. The molecule has 0 atom stereocenters. The highest BCUT2D eigenvalue weighted by Crippen LogP contribution is 2.21. The van der Waals surface area contributed by atoms with Crippen LogP contribution in [0.5, 0.6) is 0 Å². The largest absolute Gasteiger partial charge is 0.298 e. The zero-order valence-electron chi connectivity index (χ0n) is 8.85. The molecule has 0 spiro atoms. The number of benzene rings is 2. The van der Waals surface area contributed by atoms with Crippen molar-refractivity contribution in [2.45, 2.75) is 0 Å². The molecule has 2 rings (SSSR count). The van der Waals surface area contributed by atoms with Gasteiger partial charge in [0.25, 0.3) is 0 Å². The van der Waals surface area contributed by atoms with Crippen molar-refractivity contribution in [3.05, 3.63) is 59.4 Å². The molecule has 17 heavy (non-hydrogen) atoms. The van der Waals surface area contributed by atoms with Gasteiger partial charge in [0.1, 0.15) is 18.2 Å². The van der Waals surface area contributed by atoms with E-state index in [0.717, 1.165) is 11.8 Å². The summed E-state index contributed by atoms with van der Waals surface area (Å²) < 4.78 is 13.4. The van der Waals surface area contributed by atoms with Crippen LogP contribution in [-0.2, 0) is 0 Å². The molecule has 0 N–H and O–H groups in total. The predicted octanol–water partition coefficient (Wildman–Crippen LogP) is 3.18. The molecule has 0 fully saturated rings. The first-order chi connectivity index (χ1) is 8.24. The van der Waals surface area contributed by atoms with Crippen molar-refractivity contribution in [1.82, 2.24) is 0 Å². The van der Waals surface area contributed by atoms with Gasteiger partial charge in [-0.25, -0.2) is 4.39 Å². The van der Waals surface area contributed by atoms with Gasteiger partial charge in [-0.2, -0.15) is 5.26 Å². The third-order valence-electron chi connectivity index (χ3n) is 2.47. The van der Waals surface area contributed by atoms with E-state index in [1.54, 1.807) is 36.4 Å². The molecule has 0 saturated carbocycles. The maximum atomic E-state index is 13.4. The topological polar surface area (TPSA) is 40.9 Å². The second-order valence-electron chi connectivity index (χ2n) is 3.55. The zero-order valence-corrected chi connectivity index (χ0v) is 8.85. The molecule has 0 heterocycles. The van der Waals surface area contributed by atoms with Gasteiger partial charge in [0.2, 0.25) is 0 Å². The molecule has 0 amide bonds. The van der Waals surface area contributed by atoms with Crippen LogP contribution < -0.4 is 0 Å². The lowest BCUT2D eigenvalue weighted by Crippen LogP contribution is -1.86. The molecular weight excluding hydrogens is 217 g/mol. The summed E-state index contributed by atoms with van der Waals surface area (Å²) in [7, 11) is 0. The van der Waals surface area contributed by atoms with Crippen LogP contribution in [0.2, 0.25) is 0 Å². The number of nitriles is 1. The van der Waals surface area contributed by atoms with Crippen molar-refractivity contribution >= 4 is 6.29 Å². The fourth-order valence-corrected chi connectivity index (χ4v) is 1.54. The first kappa shape index (κ1) is 11.0. The van der Waals surface area contributed by atoms with Gasteiger partial charge < -0.3 is 0 Å². The molecule has 2 nitrogen and oxygen atoms in total. The highest BCUT2D eigenvalue weighted by atomic mass is 19.1. The van der Waals surface area contributed by atoms with Crippen molar-refractivity contribution in [3.8, 4) is 17.2 Å². The number of hydrogen-bond donors (Lipinski definition) is 0.